The van der Waals surface area contributed by atoms with Crippen LogP contribution in [0.5, 0.6) is 11.5 Å². The third-order valence-corrected chi connectivity index (χ3v) is 16.5. The molecule has 0 unspecified atom stereocenters. The summed E-state index contributed by atoms with van der Waals surface area (Å²) in [5.41, 5.74) is 6.83. The van der Waals surface area contributed by atoms with Gasteiger partial charge in [0.05, 0.1) is 118 Å². The van der Waals surface area contributed by atoms with Gasteiger partial charge in [-0.25, -0.2) is 23.2 Å². The summed E-state index contributed by atoms with van der Waals surface area (Å²) < 4.78 is 50.3. The van der Waals surface area contributed by atoms with Gasteiger partial charge in [0.25, 0.3) is 0 Å². The fourth-order valence-electron chi connectivity index (χ4n) is 10.9. The van der Waals surface area contributed by atoms with Crippen molar-refractivity contribution in [2.75, 3.05) is 106 Å². The molecule has 1 aliphatic rings. The quantitative estimate of drug-likeness (QED) is 0.0216. The van der Waals surface area contributed by atoms with Crippen LogP contribution in [0.15, 0.2) is 103 Å². The molecule has 8 rings (SSSR count). The van der Waals surface area contributed by atoms with E-state index in [-0.39, 0.29) is 92.8 Å². The van der Waals surface area contributed by atoms with Gasteiger partial charge in [0, 0.05) is 145 Å². The number of ether oxygens (including phenoxy) is 2. The van der Waals surface area contributed by atoms with Gasteiger partial charge < -0.3 is 33.2 Å². The number of quaternary nitrogens is 2. The maximum atomic E-state index is 13.0. The minimum Gasteiger partial charge on any atom is -0.748 e. The molecule has 6 heterocycles. The molecule has 7 aromatic rings. The van der Waals surface area contributed by atoms with Crippen molar-refractivity contribution in [3.8, 4) is 35.2 Å². The van der Waals surface area contributed by atoms with Crippen LogP contribution in [0, 0.1) is 73.1 Å². The molecule has 24 nitrogen and oxygen atoms in total. The molecule has 5 aromatic heterocycles. The van der Waals surface area contributed by atoms with Crippen LogP contribution in [0.4, 0.5) is 0 Å². The number of carbonyl (C=O) groups excluding carboxylic acids is 1. The molecule has 0 radical (unpaired) electrons. The van der Waals surface area contributed by atoms with Crippen LogP contribution >= 0.6 is 0 Å². The van der Waals surface area contributed by atoms with Crippen LogP contribution < -0.4 is 9.47 Å². The van der Waals surface area contributed by atoms with Gasteiger partial charge in [-0.2, -0.15) is 0 Å². The Bertz CT molecular complexity index is 3900. The van der Waals surface area contributed by atoms with Crippen molar-refractivity contribution in [1.82, 2.24) is 59.6 Å². The smallest absolute Gasteiger partial charge is 0.748 e. The van der Waals surface area contributed by atoms with E-state index >= 15 is 0 Å². The van der Waals surface area contributed by atoms with Crippen molar-refractivity contribution < 1.29 is 105 Å². The van der Waals surface area contributed by atoms with E-state index < -0.39 is 22.1 Å². The van der Waals surface area contributed by atoms with Gasteiger partial charge >= 0.3 is 61.3 Å². The molecule has 0 atom stereocenters. The van der Waals surface area contributed by atoms with Gasteiger partial charge in [-0.1, -0.05) is 54.5 Å². The molecule has 2 bridgehead atoms. The molecule has 1 aliphatic heterocycles. The Morgan fingerprint density at radius 3 is 1.54 bits per heavy atom. The van der Waals surface area contributed by atoms with Crippen molar-refractivity contribution >= 4 is 27.8 Å². The number of ketones is 1. The fraction of sp³-hybridized carbons (Fsp3) is 0.449. The van der Waals surface area contributed by atoms with Crippen molar-refractivity contribution in [2.24, 2.45) is 0 Å². The third kappa shape index (κ3) is 27.4. The van der Waals surface area contributed by atoms with Gasteiger partial charge in [0.2, 0.25) is 0 Å². The molecule has 26 heteroatoms. The van der Waals surface area contributed by atoms with E-state index in [0.29, 0.717) is 141 Å². The molecule has 95 heavy (non-hydrogen) atoms. The van der Waals surface area contributed by atoms with E-state index in [0.717, 1.165) is 72.6 Å². The Morgan fingerprint density at radius 2 is 1.04 bits per heavy atom. The zero-order chi connectivity index (χ0) is 66.4. The van der Waals surface area contributed by atoms with Crippen LogP contribution in [0.2, 0.25) is 0 Å². The van der Waals surface area contributed by atoms with Crippen LogP contribution in [-0.2, 0) is 67.0 Å². The normalized spacial score (nSPS) is 13.3. The first-order chi connectivity index (χ1) is 44.5. The Hall–Kier alpha value is -7.21. The molecule has 0 amide bonds. The van der Waals surface area contributed by atoms with E-state index in [1.54, 1.807) is 16.8 Å². The van der Waals surface area contributed by atoms with E-state index in [2.05, 4.69) is 80.1 Å². The topological polar surface area (TPSA) is 277 Å². The van der Waals surface area contributed by atoms with Gasteiger partial charge in [0.1, 0.15) is 22.9 Å². The zero-order valence-corrected chi connectivity index (χ0v) is 57.7. The number of hydrogen-bond donors (Lipinski definition) is 2. The van der Waals surface area contributed by atoms with E-state index in [1.807, 2.05) is 109 Å². The molecule has 0 aliphatic carbocycles. The number of nitrogens with zero attached hydrogens (tertiary/aromatic N) is 14. The molecular weight excluding hydrogens is 1370 g/mol. The number of hydrogen-bond acceptors (Lipinski definition) is 18. The number of aromatic nitrogens is 9. The Kier molecular flexibility index (Phi) is 30.2. The molecule has 2 N–H and O–H groups in total. The molecule has 0 saturated carbocycles. The number of aromatic carboxylic acids is 1. The van der Waals surface area contributed by atoms with Crippen LogP contribution in [0.25, 0.3) is 0 Å². The molecule has 504 valence electrons. The average molecular weight is 1460 g/mol. The number of pyridine rings is 3. The first-order valence-corrected chi connectivity index (χ1v) is 33.0. The second-order valence-electron chi connectivity index (χ2n) is 24.8. The number of Topliss-reactive ketones (excluding diaryl/α,β-unsaturated/α-hetero) is 1. The second kappa shape index (κ2) is 37.3. The van der Waals surface area contributed by atoms with E-state index in [1.165, 1.54) is 13.0 Å². The SMILES string of the molecule is C.CCC[N+](C)(C)CCCn1cc(CCOc2ccc(C#Cc3cc(CN4CCN(Cc5cc(C#Cc6ccc(OCCc7cn(CCC[N+](C)(C)CCCS(=O)(=O)[O-])nn7)cc6)cc(C(C)=O)n5)CCN(CC(=O)O)Cc5cccc(n5)C4)nc(C(=O)O)c3)cc2)nn1.[Eu+3]. The summed E-state index contributed by atoms with van der Waals surface area (Å²) in [4.78, 5) is 58.1. The summed E-state index contributed by atoms with van der Waals surface area (Å²) in [6.07, 6.45) is 8.31. The molecule has 0 saturated heterocycles. The Labute approximate surface area is 599 Å². The van der Waals surface area contributed by atoms with E-state index in [4.69, 9.17) is 19.4 Å². The molecular formula is C69H89EuN14O10S+4. The summed E-state index contributed by atoms with van der Waals surface area (Å²) in [5, 5.41) is 37.4. The van der Waals surface area contributed by atoms with Gasteiger partial charge in [-0.3, -0.25) is 38.6 Å². The number of aryl methyl sites for hydroxylation is 2. The third-order valence-electron chi connectivity index (χ3n) is 15.7. The maximum Gasteiger partial charge on any atom is 3.00 e. The first-order valence-electron chi connectivity index (χ1n) is 31.4. The second-order valence-corrected chi connectivity index (χ2v) is 26.3. The number of carboxylic acid groups (broad SMARTS) is 2. The number of carboxylic acids is 2. The summed E-state index contributed by atoms with van der Waals surface area (Å²) in [7, 11) is 4.31. The van der Waals surface area contributed by atoms with Gasteiger partial charge in [-0.05, 0) is 91.3 Å². The fourth-order valence-corrected chi connectivity index (χ4v) is 11.4. The van der Waals surface area contributed by atoms with Crippen molar-refractivity contribution in [3.63, 3.8) is 0 Å². The Morgan fingerprint density at radius 1 is 0.589 bits per heavy atom. The average Bonchev–Trinajstić information content (AvgIpc) is 1.58. The minimum absolute atomic E-state index is 0. The molecule has 0 fully saturated rings. The van der Waals surface area contributed by atoms with E-state index in [9.17, 15) is 37.6 Å². The van der Waals surface area contributed by atoms with Crippen LogP contribution in [0.3, 0.4) is 0 Å². The monoisotopic (exact) mass is 1460 g/mol. The van der Waals surface area contributed by atoms with Crippen molar-refractivity contribution in [1.29, 1.82) is 0 Å². The summed E-state index contributed by atoms with van der Waals surface area (Å²) in [6, 6.07) is 27.3. The van der Waals surface area contributed by atoms with Crippen molar-refractivity contribution in [3.05, 3.63) is 171 Å². The van der Waals surface area contributed by atoms with Gasteiger partial charge in [-0.15, -0.1) is 10.2 Å². The maximum absolute atomic E-state index is 13.0. The first kappa shape index (κ1) is 76.8. The minimum atomic E-state index is -4.22. The largest absolute Gasteiger partial charge is 3.00 e. The number of aliphatic carboxylic acids is 1. The standard InChI is InChI=1S/C68H84N14O10S.CH4.Eu/c1-7-34-81(3,4)35-9-28-79-49-59(72-74-79)26-38-92-64-24-20-54(21-25-64)15-17-56-42-62(71-66(44-56)68(86)87)48-77-32-30-76(31-33-78(51-67(84)85)46-58-13-8-12-57(45-77)69-58)47-61-41-55(43-65(70-61)52(2)83)16-14-53-18-22-63(23-19-53)91-39-27-60-50-80(75-73-60)29-10-36-82(5,6)37-11-40-93(88,89)90;;/h8,12-13,18-25,41-44,49-50H,7,9-11,26-40,45-48,51H2,1-6H3,(H-2,84,85,86,87,88,89,90);1H4;/q;;+3/p+1. The number of carbonyl (C=O) groups is 3. The number of rotatable bonds is 30. The molecule has 2 aromatic carbocycles. The summed E-state index contributed by atoms with van der Waals surface area (Å²) in [6.45, 7) is 12.3. The predicted octanol–water partition coefficient (Wildman–Crippen LogP) is 6.32. The summed E-state index contributed by atoms with van der Waals surface area (Å²) >= 11 is 0. The Balaban J connectivity index is 0.00000714. The number of benzene rings is 2. The predicted molar refractivity (Wildman–Crippen MR) is 354 cm³/mol. The van der Waals surface area contributed by atoms with Gasteiger partial charge in [0.15, 0.2) is 5.78 Å². The zero-order valence-electron chi connectivity index (χ0n) is 54.5. The van der Waals surface area contributed by atoms with Crippen LogP contribution in [-0.4, -0.2) is 216 Å². The summed E-state index contributed by atoms with van der Waals surface area (Å²) in [5.74, 6) is 11.4. The van der Waals surface area contributed by atoms with Crippen LogP contribution in [0.1, 0.15) is 124 Å². The molecule has 0 spiro atoms. The van der Waals surface area contributed by atoms with Crippen molar-refractivity contribution in [2.45, 2.75) is 99.1 Å². The number of fused-ring (bicyclic) bond motifs is 2.